The summed E-state index contributed by atoms with van der Waals surface area (Å²) < 4.78 is 2.03. The summed E-state index contributed by atoms with van der Waals surface area (Å²) in [6.45, 7) is 10.5. The van der Waals surface area contributed by atoms with Gasteiger partial charge in [-0.25, -0.2) is 0 Å². The topological polar surface area (TPSA) is 41.3 Å². The number of hydrogen-bond donors (Lipinski definition) is 1. The van der Waals surface area contributed by atoms with Gasteiger partial charge >= 0.3 is 0 Å². The normalized spacial score (nSPS) is 22.9. The predicted molar refractivity (Wildman–Crippen MR) is 81.6 cm³/mol. The molecule has 0 amide bonds. The molecule has 0 bridgehead atoms. The zero-order valence-electron chi connectivity index (χ0n) is 13.3. The molecule has 2 rings (SSSR count). The van der Waals surface area contributed by atoms with E-state index in [1.807, 2.05) is 10.9 Å². The summed E-state index contributed by atoms with van der Waals surface area (Å²) in [4.78, 5) is 2.43. The van der Waals surface area contributed by atoms with E-state index in [2.05, 4.69) is 43.9 Å². The number of piperidine rings is 1. The molecule has 1 fully saturated rings. The Hall–Kier alpha value is -0.870. The Balaban J connectivity index is 2.05. The van der Waals surface area contributed by atoms with Gasteiger partial charge in [-0.15, -0.1) is 0 Å². The van der Waals surface area contributed by atoms with Crippen LogP contribution in [0.15, 0.2) is 12.4 Å². The van der Waals surface area contributed by atoms with Crippen LogP contribution < -0.4 is 0 Å². The first-order valence-corrected chi connectivity index (χ1v) is 7.88. The van der Waals surface area contributed by atoms with E-state index >= 15 is 0 Å². The van der Waals surface area contributed by atoms with Crippen molar-refractivity contribution in [1.82, 2.24) is 14.7 Å². The third-order valence-corrected chi connectivity index (χ3v) is 4.24. The molecule has 0 aliphatic carbocycles. The van der Waals surface area contributed by atoms with E-state index in [9.17, 15) is 5.11 Å². The Morgan fingerprint density at radius 3 is 2.75 bits per heavy atom. The maximum atomic E-state index is 10.2. The summed E-state index contributed by atoms with van der Waals surface area (Å²) >= 11 is 0. The molecule has 0 aromatic carbocycles. The van der Waals surface area contributed by atoms with E-state index in [0.29, 0.717) is 6.04 Å². The zero-order valence-corrected chi connectivity index (χ0v) is 13.3. The van der Waals surface area contributed by atoms with Crippen molar-refractivity contribution in [3.05, 3.63) is 18.0 Å². The highest BCUT2D eigenvalue weighted by atomic mass is 16.3. The Kier molecular flexibility index (Phi) is 4.86. The van der Waals surface area contributed by atoms with E-state index in [1.54, 1.807) is 0 Å². The molecule has 1 aromatic heterocycles. The summed E-state index contributed by atoms with van der Waals surface area (Å²) in [7, 11) is 0. The summed E-state index contributed by atoms with van der Waals surface area (Å²) in [5.41, 5.74) is 1.28. The molecular weight excluding hydrogens is 250 g/mol. The fraction of sp³-hybridized carbons (Fsp3) is 0.812. The molecular formula is C16H29N3O. The first-order chi connectivity index (χ1) is 9.41. The maximum absolute atomic E-state index is 10.2. The molecule has 1 saturated heterocycles. The van der Waals surface area contributed by atoms with E-state index in [1.165, 1.54) is 18.4 Å². The number of nitrogens with zero attached hydrogens (tertiary/aromatic N) is 3. The molecule has 0 saturated carbocycles. The van der Waals surface area contributed by atoms with Crippen molar-refractivity contribution in [3.8, 4) is 0 Å². The van der Waals surface area contributed by atoms with Crippen LogP contribution in [0.1, 0.15) is 58.9 Å². The van der Waals surface area contributed by atoms with Gasteiger partial charge in [0.15, 0.2) is 0 Å². The first-order valence-electron chi connectivity index (χ1n) is 7.88. The monoisotopic (exact) mass is 279 g/mol. The van der Waals surface area contributed by atoms with E-state index in [0.717, 1.165) is 25.9 Å². The lowest BCUT2D eigenvalue weighted by atomic mass is 9.95. The standard InChI is InChI=1S/C16H29N3O/c1-5-15(20)14-8-6-7-9-18(14)11-13-10-17-19(12-13)16(2,3)4/h10,12,14-15,20H,5-9,11H2,1-4H3/t14-,15+/m0/s1. The SMILES string of the molecule is CC[C@@H](O)[C@@H]1CCCCN1Cc1cnn(C(C)(C)C)c1. The third-order valence-electron chi connectivity index (χ3n) is 4.24. The molecule has 1 N–H and O–H groups in total. The Morgan fingerprint density at radius 1 is 1.40 bits per heavy atom. The second-order valence-corrected chi connectivity index (χ2v) is 6.97. The molecule has 1 aliphatic heterocycles. The number of aromatic nitrogens is 2. The quantitative estimate of drug-likeness (QED) is 0.921. The fourth-order valence-electron chi connectivity index (χ4n) is 2.96. The fourth-order valence-corrected chi connectivity index (χ4v) is 2.96. The van der Waals surface area contributed by atoms with E-state index in [4.69, 9.17) is 0 Å². The highest BCUT2D eigenvalue weighted by molar-refractivity contribution is 5.06. The van der Waals surface area contributed by atoms with Crippen LogP contribution in [0.2, 0.25) is 0 Å². The zero-order chi connectivity index (χ0) is 14.8. The lowest BCUT2D eigenvalue weighted by Crippen LogP contribution is -2.46. The minimum Gasteiger partial charge on any atom is -0.392 e. The van der Waals surface area contributed by atoms with Gasteiger partial charge in [-0.1, -0.05) is 13.3 Å². The summed E-state index contributed by atoms with van der Waals surface area (Å²) in [5, 5.41) is 14.7. The van der Waals surface area contributed by atoms with Crippen molar-refractivity contribution in [3.63, 3.8) is 0 Å². The van der Waals surface area contributed by atoms with Crippen LogP contribution in [0.3, 0.4) is 0 Å². The predicted octanol–water partition coefficient (Wildman–Crippen LogP) is 2.76. The number of hydrogen-bond acceptors (Lipinski definition) is 3. The molecule has 20 heavy (non-hydrogen) atoms. The molecule has 0 spiro atoms. The minimum atomic E-state index is -0.201. The van der Waals surface area contributed by atoms with Gasteiger partial charge in [0, 0.05) is 24.3 Å². The smallest absolute Gasteiger partial charge is 0.0692 e. The van der Waals surface area contributed by atoms with Crippen LogP contribution in [0.4, 0.5) is 0 Å². The van der Waals surface area contributed by atoms with Gasteiger partial charge in [0.1, 0.15) is 0 Å². The van der Waals surface area contributed by atoms with Crippen molar-refractivity contribution < 1.29 is 5.11 Å². The molecule has 0 radical (unpaired) electrons. The lowest BCUT2D eigenvalue weighted by molar-refractivity contribution is 0.0195. The van der Waals surface area contributed by atoms with Gasteiger partial charge < -0.3 is 5.11 Å². The molecule has 0 unspecified atom stereocenters. The van der Waals surface area contributed by atoms with Gasteiger partial charge in [0.05, 0.1) is 17.8 Å². The lowest BCUT2D eigenvalue weighted by Gasteiger charge is -2.38. The van der Waals surface area contributed by atoms with Gasteiger partial charge in [0.2, 0.25) is 0 Å². The Bertz CT molecular complexity index is 422. The first kappa shape index (κ1) is 15.5. The van der Waals surface area contributed by atoms with Crippen LogP contribution in [0.5, 0.6) is 0 Å². The highest BCUT2D eigenvalue weighted by Crippen LogP contribution is 2.23. The van der Waals surface area contributed by atoms with Crippen molar-refractivity contribution in [2.24, 2.45) is 0 Å². The molecule has 4 heteroatoms. The van der Waals surface area contributed by atoms with Crippen molar-refractivity contribution >= 4 is 0 Å². The Morgan fingerprint density at radius 2 is 2.15 bits per heavy atom. The molecule has 114 valence electrons. The van der Waals surface area contributed by atoms with Crippen LogP contribution in [0.25, 0.3) is 0 Å². The summed E-state index contributed by atoms with van der Waals surface area (Å²) in [5.74, 6) is 0. The van der Waals surface area contributed by atoms with Gasteiger partial charge in [0.25, 0.3) is 0 Å². The molecule has 2 atom stereocenters. The van der Waals surface area contributed by atoms with E-state index < -0.39 is 0 Å². The third kappa shape index (κ3) is 3.61. The molecule has 1 aromatic rings. The number of rotatable bonds is 4. The average Bonchev–Trinajstić information content (AvgIpc) is 2.87. The van der Waals surface area contributed by atoms with Crippen LogP contribution >= 0.6 is 0 Å². The van der Waals surface area contributed by atoms with Gasteiger partial charge in [-0.2, -0.15) is 5.10 Å². The molecule has 2 heterocycles. The second kappa shape index (κ2) is 6.27. The maximum Gasteiger partial charge on any atom is 0.0692 e. The summed E-state index contributed by atoms with van der Waals surface area (Å²) in [6.07, 6.45) is 8.33. The Labute approximate surface area is 122 Å². The number of aliphatic hydroxyl groups excluding tert-OH is 1. The van der Waals surface area contributed by atoms with Crippen molar-refractivity contribution in [2.75, 3.05) is 6.54 Å². The largest absolute Gasteiger partial charge is 0.392 e. The average molecular weight is 279 g/mol. The van der Waals surface area contributed by atoms with Crippen molar-refractivity contribution in [2.45, 2.75) is 77.6 Å². The van der Waals surface area contributed by atoms with Crippen LogP contribution in [0, 0.1) is 0 Å². The van der Waals surface area contributed by atoms with E-state index in [-0.39, 0.29) is 11.6 Å². The van der Waals surface area contributed by atoms with Crippen LogP contribution in [-0.2, 0) is 12.1 Å². The number of aliphatic hydroxyl groups is 1. The van der Waals surface area contributed by atoms with Gasteiger partial charge in [-0.05, 0) is 46.6 Å². The number of likely N-dealkylation sites (tertiary alicyclic amines) is 1. The second-order valence-electron chi connectivity index (χ2n) is 6.97. The van der Waals surface area contributed by atoms with Gasteiger partial charge in [-0.3, -0.25) is 9.58 Å². The molecule has 1 aliphatic rings. The summed E-state index contributed by atoms with van der Waals surface area (Å²) in [6, 6.07) is 0.312. The van der Waals surface area contributed by atoms with Crippen LogP contribution in [-0.4, -0.2) is 38.5 Å². The van der Waals surface area contributed by atoms with Crippen molar-refractivity contribution in [1.29, 1.82) is 0 Å². The minimum absolute atomic E-state index is 0.0302. The molecule has 4 nitrogen and oxygen atoms in total. The highest BCUT2D eigenvalue weighted by Gasteiger charge is 2.28.